The van der Waals surface area contributed by atoms with Crippen LogP contribution >= 0.6 is 0 Å². The van der Waals surface area contributed by atoms with Crippen molar-refractivity contribution < 1.29 is 223 Å². The second-order valence-corrected chi connectivity index (χ2v) is 25.8. The number of aryl methyl sites for hydroxylation is 6. The number of hydrogen-bond acceptors (Lipinski definition) is 5. The zero-order valence-electron chi connectivity index (χ0n) is 63.2. The van der Waals surface area contributed by atoms with E-state index in [1.54, 1.807) is 56.6 Å². The molecule has 0 saturated carbocycles. The van der Waals surface area contributed by atoms with Crippen molar-refractivity contribution >= 4 is 5.69 Å². The molecule has 0 aliphatic carbocycles. The molecule has 0 amide bonds. The van der Waals surface area contributed by atoms with Crippen LogP contribution in [0.25, 0.3) is 94.5 Å². The van der Waals surface area contributed by atoms with Crippen LogP contribution in [-0.4, -0.2) is 24.9 Å². The Morgan fingerprint density at radius 3 is 1.02 bits per heavy atom. The van der Waals surface area contributed by atoms with Gasteiger partial charge in [0.2, 0.25) is 0 Å². The Balaban J connectivity index is 0.000000329. The summed E-state index contributed by atoms with van der Waals surface area (Å²) in [6, 6.07) is 37.3. The van der Waals surface area contributed by atoms with Gasteiger partial charge in [-0.25, -0.2) is 4.85 Å². The molecule has 0 fully saturated rings. The third-order valence-corrected chi connectivity index (χ3v) is 16.8. The molecule has 0 saturated heterocycles. The maximum atomic E-state index is 15.2. The van der Waals surface area contributed by atoms with Gasteiger partial charge in [-0.1, -0.05) is 130 Å². The van der Waals surface area contributed by atoms with Crippen molar-refractivity contribution in [2.75, 3.05) is 0 Å². The van der Waals surface area contributed by atoms with Crippen LogP contribution in [-0.2, 0) is 138 Å². The molecule has 5 aromatic heterocycles. The third kappa shape index (κ3) is 26.9. The zero-order chi connectivity index (χ0) is 88.8. The van der Waals surface area contributed by atoms with Crippen LogP contribution in [0.2, 0.25) is 0 Å². The van der Waals surface area contributed by atoms with Crippen molar-refractivity contribution in [3.8, 4) is 89.7 Å². The van der Waals surface area contributed by atoms with E-state index >= 15 is 4.39 Å². The molecule has 13 aromatic rings. The van der Waals surface area contributed by atoms with Crippen molar-refractivity contribution in [1.29, 1.82) is 0 Å². The number of alkyl halides is 18. The van der Waals surface area contributed by atoms with E-state index in [1.165, 1.54) is 74.8 Å². The van der Waals surface area contributed by atoms with E-state index in [0.717, 1.165) is 52.7 Å². The minimum Gasteiger partial charge on any atom is -0.305 e. The van der Waals surface area contributed by atoms with Crippen molar-refractivity contribution in [2.45, 2.75) is 78.6 Å². The molecule has 125 heavy (non-hydrogen) atoms. The molecule has 0 spiro atoms. The number of benzene rings is 8. The summed E-state index contributed by atoms with van der Waals surface area (Å²) in [6.45, 7) is 16.7. The Morgan fingerprint density at radius 1 is 0.296 bits per heavy atom. The van der Waals surface area contributed by atoms with Gasteiger partial charge < -0.3 is 24.9 Å². The Hall–Kier alpha value is -9.71. The predicted molar refractivity (Wildman–Crippen MR) is 383 cm³/mol. The molecule has 5 heterocycles. The third-order valence-electron chi connectivity index (χ3n) is 16.8. The maximum Gasteiger partial charge on any atom is 0.416 e. The molecule has 5 radical (unpaired) electrons. The molecule has 39 heteroatoms. The van der Waals surface area contributed by atoms with Gasteiger partial charge in [-0.2, -0.15) is 79.0 Å². The first-order valence-electron chi connectivity index (χ1n) is 33.7. The molecule has 8 aromatic carbocycles. The van der Waals surface area contributed by atoms with Gasteiger partial charge >= 0.3 is 37.1 Å². The Labute approximate surface area is 760 Å². The zero-order valence-corrected chi connectivity index (χ0v) is 75.2. The van der Waals surface area contributed by atoms with Crippen molar-refractivity contribution in [3.05, 3.63) is 343 Å². The second kappa shape index (κ2) is 43.7. The molecular formula is C86H47F28Ir5N6-5. The quantitative estimate of drug-likeness (QED) is 0.112. The summed E-state index contributed by atoms with van der Waals surface area (Å²) in [5.74, 6) is -13.0. The average Bonchev–Trinajstić information content (AvgIpc) is 0.764. The number of halogens is 28. The molecular weight excluding hydrogens is 2610 g/mol. The fraction of sp³-hybridized carbons (Fsp3) is 0.140. The van der Waals surface area contributed by atoms with E-state index in [1.807, 2.05) is 19.9 Å². The van der Waals surface area contributed by atoms with Crippen LogP contribution in [0.3, 0.4) is 0 Å². The van der Waals surface area contributed by atoms with Crippen LogP contribution < -0.4 is 0 Å². The molecule has 667 valence electrons. The normalized spacial score (nSPS) is 11.3. The van der Waals surface area contributed by atoms with E-state index in [0.29, 0.717) is 34.3 Å². The summed E-state index contributed by atoms with van der Waals surface area (Å²) in [5.41, 5.74) is -12.6. The first-order valence-corrected chi connectivity index (χ1v) is 33.7. The molecule has 0 unspecified atom stereocenters. The van der Waals surface area contributed by atoms with E-state index < -0.39 is 162 Å². The Morgan fingerprint density at radius 2 is 0.656 bits per heavy atom. The number of aromatic nitrogens is 5. The van der Waals surface area contributed by atoms with Gasteiger partial charge in [-0.05, 0) is 162 Å². The minimum absolute atomic E-state index is 0. The fourth-order valence-electron chi connectivity index (χ4n) is 11.0. The van der Waals surface area contributed by atoms with Gasteiger partial charge in [-0.15, -0.1) is 48.5 Å². The summed E-state index contributed by atoms with van der Waals surface area (Å²) in [4.78, 5) is 22.8. The number of hydrogen-bond donors (Lipinski definition) is 0. The monoisotopic (exact) mass is 2660 g/mol. The average molecular weight is 2660 g/mol. The van der Waals surface area contributed by atoms with Gasteiger partial charge in [0.25, 0.3) is 0 Å². The van der Waals surface area contributed by atoms with Crippen LogP contribution in [0.15, 0.2) is 177 Å². The summed E-state index contributed by atoms with van der Waals surface area (Å²) in [5, 5.41) is 0. The number of rotatable bonds is 8. The van der Waals surface area contributed by atoms with E-state index in [-0.39, 0.29) is 182 Å². The Kier molecular flexibility index (Phi) is 37.6. The smallest absolute Gasteiger partial charge is 0.305 e. The number of pyridine rings is 5. The van der Waals surface area contributed by atoms with Gasteiger partial charge in [0, 0.05) is 183 Å². The predicted octanol–water partition coefficient (Wildman–Crippen LogP) is 27.6. The van der Waals surface area contributed by atoms with Crippen molar-refractivity contribution in [2.24, 2.45) is 0 Å². The largest absolute Gasteiger partial charge is 0.416 e. The van der Waals surface area contributed by atoms with Crippen LogP contribution in [0.4, 0.5) is 129 Å². The summed E-state index contributed by atoms with van der Waals surface area (Å²) < 4.78 is 376. The molecule has 0 aliphatic rings. The first kappa shape index (κ1) is 108. The fourth-order valence-corrected chi connectivity index (χ4v) is 11.0. The maximum absolute atomic E-state index is 15.2. The molecule has 13 rings (SSSR count). The molecule has 0 bridgehead atoms. The second-order valence-electron chi connectivity index (χ2n) is 25.8. The topological polar surface area (TPSA) is 68.8 Å². The standard InChI is InChI=1S/C21H12F8N.C20H10F8N.C19H11F2N2.C14H6F8N.C12H8F2N.5Ir/c1-10-3-4-16(30-9-10)15-5-11(2)18(22)17(19(15)23)12-6-13(20(24,25)26)8-14(7-12)21(27,28)29;1-10-2-5-16(29-9-10)14-3-4-15(21)17(18(14)22)11-6-12(19(23,24)25)8-13(7-11)20(26,27)28;1-12-9-10-23-17(11-12)15-7-8-16(20)18(19(15)21)13-3-5-14(22-2)6-4-13;1-6-2-3-23-9(4-6)7-5-8(13(17,18)19)12(16)10(11(7)15)14(20,21)22;1-8-4-5-15-12(6-8)10-3-2-9(13)7-11(10)14;;;;;/h3-4,6-9H,1-2H3;2,4-9H,1H3;3-6,8-11H,1H3;2-4H,1H3;2,4-7H,1H3;;;;;/q5*-1;;;;;. The van der Waals surface area contributed by atoms with E-state index in [4.69, 9.17) is 6.57 Å². The Bertz CT molecular complexity index is 5930. The van der Waals surface area contributed by atoms with Crippen molar-refractivity contribution in [3.63, 3.8) is 0 Å². The van der Waals surface area contributed by atoms with Crippen LogP contribution in [0, 0.1) is 137 Å². The van der Waals surface area contributed by atoms with Gasteiger partial charge in [-0.3, -0.25) is 43.9 Å². The van der Waals surface area contributed by atoms with E-state index in [2.05, 4.69) is 54.0 Å². The molecule has 6 nitrogen and oxygen atoms in total. The summed E-state index contributed by atoms with van der Waals surface area (Å²) in [6.07, 6.45) is -24.7. The summed E-state index contributed by atoms with van der Waals surface area (Å²) in [7, 11) is 0. The van der Waals surface area contributed by atoms with Gasteiger partial charge in [0.15, 0.2) is 5.69 Å². The SMILES string of the molecule is Cc1ccc(-c2[c-]c(C)c(F)c(-c3cc(C(F)(F)F)cc(C(F)(F)F)c3)c2F)nc1.Cc1ccc(-c2[c-]cc(F)c(-c3cc(C(F)(F)F)cc(C(F)(F)F)c3)c2F)nc1.Cc1ccnc(-c2[c-]c(C(F)(F)F)c(F)c(C(F)(F)F)c2F)c1.Cc1ccnc(-c2[c-]cc(F)cc2F)c1.[C-]#[N+]c1ccc(-c2c(F)c[c-]c(-c3cc(C)ccn3)c2F)cc1.[Ir].[Ir].[Ir].[Ir].[Ir]. The van der Waals surface area contributed by atoms with Crippen LogP contribution in [0.1, 0.15) is 66.8 Å². The van der Waals surface area contributed by atoms with Crippen LogP contribution in [0.5, 0.6) is 0 Å². The van der Waals surface area contributed by atoms with E-state index in [9.17, 15) is 119 Å². The summed E-state index contributed by atoms with van der Waals surface area (Å²) >= 11 is 0. The number of nitrogens with zero attached hydrogens (tertiary/aromatic N) is 6. The van der Waals surface area contributed by atoms with Crippen molar-refractivity contribution in [1.82, 2.24) is 24.9 Å². The molecule has 0 aliphatic heterocycles. The molecule has 0 N–H and O–H groups in total. The van der Waals surface area contributed by atoms with Gasteiger partial charge in [0.1, 0.15) is 0 Å². The van der Waals surface area contributed by atoms with Gasteiger partial charge in [0.05, 0.1) is 46.3 Å². The molecule has 0 atom stereocenters. The first-order chi connectivity index (χ1) is 55.8. The minimum atomic E-state index is -5.65.